The van der Waals surface area contributed by atoms with Gasteiger partial charge in [0.05, 0.1) is 11.7 Å². The van der Waals surface area contributed by atoms with Crippen LogP contribution in [0.1, 0.15) is 26.8 Å². The molecule has 120 valence electrons. The highest BCUT2D eigenvalue weighted by Gasteiger charge is 2.23. The van der Waals surface area contributed by atoms with Crippen LogP contribution in [-0.2, 0) is 11.8 Å². The van der Waals surface area contributed by atoms with Crippen molar-refractivity contribution < 1.29 is 4.79 Å². The van der Waals surface area contributed by atoms with Crippen LogP contribution < -0.4 is 10.9 Å². The van der Waals surface area contributed by atoms with Gasteiger partial charge < -0.3 is 9.88 Å². The summed E-state index contributed by atoms with van der Waals surface area (Å²) in [5, 5.41) is 8.72. The van der Waals surface area contributed by atoms with Crippen LogP contribution in [0.5, 0.6) is 0 Å². The van der Waals surface area contributed by atoms with Crippen molar-refractivity contribution in [2.24, 2.45) is 7.05 Å². The first-order valence-corrected chi connectivity index (χ1v) is 7.67. The molecular formula is C17H20N4O2. The minimum absolute atomic E-state index is 0.0440. The topological polar surface area (TPSA) is 68.9 Å². The fourth-order valence-electron chi connectivity index (χ4n) is 2.91. The Labute approximate surface area is 133 Å². The molecule has 0 saturated carbocycles. The number of aryl methyl sites for hydroxylation is 1. The van der Waals surface area contributed by atoms with Crippen LogP contribution in [0.3, 0.4) is 0 Å². The smallest absolute Gasteiger partial charge is 0.291 e. The van der Waals surface area contributed by atoms with E-state index < -0.39 is 6.04 Å². The highest BCUT2D eigenvalue weighted by Crippen LogP contribution is 2.29. The van der Waals surface area contributed by atoms with Gasteiger partial charge in [-0.25, -0.2) is 4.68 Å². The van der Waals surface area contributed by atoms with Crippen LogP contribution in [0, 0.1) is 0 Å². The molecule has 1 unspecified atom stereocenters. The second kappa shape index (κ2) is 5.53. The Morgan fingerprint density at radius 2 is 1.87 bits per heavy atom. The molecule has 2 heterocycles. The molecule has 3 aromatic rings. The Kier molecular flexibility index (Phi) is 3.67. The highest BCUT2D eigenvalue weighted by molar-refractivity contribution is 6.08. The van der Waals surface area contributed by atoms with Gasteiger partial charge >= 0.3 is 0 Å². The second-order valence-electron chi connectivity index (χ2n) is 6.06. The van der Waals surface area contributed by atoms with Gasteiger partial charge in [0.1, 0.15) is 11.6 Å². The third-order valence-corrected chi connectivity index (χ3v) is 4.00. The Hall–Kier alpha value is -2.63. The van der Waals surface area contributed by atoms with Crippen molar-refractivity contribution >= 4 is 27.7 Å². The fourth-order valence-corrected chi connectivity index (χ4v) is 2.91. The Bertz CT molecular complexity index is 952. The van der Waals surface area contributed by atoms with Gasteiger partial charge in [-0.05, 0) is 26.8 Å². The Morgan fingerprint density at radius 1 is 1.17 bits per heavy atom. The van der Waals surface area contributed by atoms with E-state index in [0.29, 0.717) is 5.52 Å². The van der Waals surface area contributed by atoms with Crippen LogP contribution in [0.25, 0.3) is 21.8 Å². The van der Waals surface area contributed by atoms with Crippen molar-refractivity contribution in [1.29, 1.82) is 0 Å². The number of fused-ring (bicyclic) bond motifs is 3. The van der Waals surface area contributed by atoms with E-state index in [-0.39, 0.29) is 17.5 Å². The predicted octanol–water partition coefficient (Wildman–Crippen LogP) is 1.97. The first-order chi connectivity index (χ1) is 10.9. The van der Waals surface area contributed by atoms with Crippen LogP contribution in [0.4, 0.5) is 0 Å². The minimum atomic E-state index is -0.491. The van der Waals surface area contributed by atoms with Crippen molar-refractivity contribution in [3.8, 4) is 0 Å². The van der Waals surface area contributed by atoms with Crippen LogP contribution in [0.15, 0.2) is 35.3 Å². The summed E-state index contributed by atoms with van der Waals surface area (Å²) in [4.78, 5) is 25.1. The number of para-hydroxylation sites is 1. The fraction of sp³-hybridized carbons (Fsp3) is 0.353. The number of hydrogen-bond acceptors (Lipinski definition) is 3. The van der Waals surface area contributed by atoms with Gasteiger partial charge in [-0.1, -0.05) is 18.2 Å². The maximum atomic E-state index is 12.6. The Balaban J connectivity index is 2.35. The number of carbonyl (C=O) groups excluding carboxylic acids is 1. The van der Waals surface area contributed by atoms with E-state index >= 15 is 0 Å². The highest BCUT2D eigenvalue weighted by atomic mass is 16.2. The third-order valence-electron chi connectivity index (χ3n) is 4.00. The molecule has 0 radical (unpaired) electrons. The van der Waals surface area contributed by atoms with Crippen molar-refractivity contribution in [1.82, 2.24) is 19.7 Å². The lowest BCUT2D eigenvalue weighted by Gasteiger charge is -2.18. The quantitative estimate of drug-likeness (QED) is 0.804. The molecule has 6 heteroatoms. The van der Waals surface area contributed by atoms with Gasteiger partial charge in [-0.2, -0.15) is 5.10 Å². The predicted molar refractivity (Wildman–Crippen MR) is 90.5 cm³/mol. The molecule has 1 aromatic carbocycles. The number of aromatic nitrogens is 3. The van der Waals surface area contributed by atoms with E-state index in [2.05, 4.69) is 10.4 Å². The molecular weight excluding hydrogens is 292 g/mol. The van der Waals surface area contributed by atoms with Crippen molar-refractivity contribution in [3.63, 3.8) is 0 Å². The summed E-state index contributed by atoms with van der Waals surface area (Å²) < 4.78 is 3.11. The summed E-state index contributed by atoms with van der Waals surface area (Å²) in [6.07, 6.45) is 1.68. The summed E-state index contributed by atoms with van der Waals surface area (Å²) in [5.74, 6) is -0.110. The zero-order valence-corrected chi connectivity index (χ0v) is 13.7. The minimum Gasteiger partial charge on any atom is -0.352 e. The van der Waals surface area contributed by atoms with Gasteiger partial charge in [0.2, 0.25) is 5.91 Å². The lowest BCUT2D eigenvalue weighted by Crippen LogP contribution is -2.36. The molecule has 1 atom stereocenters. The Morgan fingerprint density at radius 3 is 2.57 bits per heavy atom. The summed E-state index contributed by atoms with van der Waals surface area (Å²) >= 11 is 0. The van der Waals surface area contributed by atoms with Crippen LogP contribution in [0.2, 0.25) is 0 Å². The number of nitrogens with zero attached hydrogens (tertiary/aromatic N) is 3. The zero-order chi connectivity index (χ0) is 16.7. The van der Waals surface area contributed by atoms with Crippen molar-refractivity contribution in [2.45, 2.75) is 32.9 Å². The molecule has 0 aliphatic carbocycles. The molecule has 0 fully saturated rings. The first kappa shape index (κ1) is 15.3. The molecule has 0 aliphatic heterocycles. The van der Waals surface area contributed by atoms with E-state index in [4.69, 9.17) is 0 Å². The van der Waals surface area contributed by atoms with E-state index in [0.717, 1.165) is 16.3 Å². The molecule has 0 spiro atoms. The average Bonchev–Trinajstić information content (AvgIpc) is 2.84. The molecule has 3 rings (SSSR count). The lowest BCUT2D eigenvalue weighted by molar-refractivity contribution is -0.124. The molecule has 0 bridgehead atoms. The van der Waals surface area contributed by atoms with Gasteiger partial charge in [-0.15, -0.1) is 0 Å². The number of carbonyl (C=O) groups is 1. The lowest BCUT2D eigenvalue weighted by atomic mass is 10.2. The molecule has 0 saturated heterocycles. The van der Waals surface area contributed by atoms with Crippen LogP contribution in [-0.4, -0.2) is 26.3 Å². The molecule has 2 aromatic heterocycles. The molecule has 1 amide bonds. The number of hydrogen-bond donors (Lipinski definition) is 1. The van der Waals surface area contributed by atoms with Gasteiger partial charge in [-0.3, -0.25) is 9.59 Å². The molecule has 6 nitrogen and oxygen atoms in total. The van der Waals surface area contributed by atoms with Crippen molar-refractivity contribution in [3.05, 3.63) is 40.8 Å². The SMILES string of the molecule is CC(C)NC(=O)C(C)n1c2ccccc2c2cnn(C)c(=O)c21. The number of rotatable bonds is 3. The van der Waals surface area contributed by atoms with Gasteiger partial charge in [0.25, 0.3) is 5.56 Å². The molecule has 23 heavy (non-hydrogen) atoms. The molecule has 0 aliphatic rings. The van der Waals surface area contributed by atoms with Crippen LogP contribution >= 0.6 is 0 Å². The maximum Gasteiger partial charge on any atom is 0.291 e. The third kappa shape index (κ3) is 2.40. The second-order valence-corrected chi connectivity index (χ2v) is 6.06. The molecule has 1 N–H and O–H groups in total. The average molecular weight is 312 g/mol. The first-order valence-electron chi connectivity index (χ1n) is 7.67. The van der Waals surface area contributed by atoms with Gasteiger partial charge in [0, 0.05) is 23.9 Å². The number of amides is 1. The summed E-state index contributed by atoms with van der Waals surface area (Å²) in [5.41, 5.74) is 1.16. The van der Waals surface area contributed by atoms with Gasteiger partial charge in [0.15, 0.2) is 0 Å². The maximum absolute atomic E-state index is 12.6. The summed E-state index contributed by atoms with van der Waals surface area (Å²) in [6, 6.07) is 7.25. The standard InChI is InChI=1S/C17H20N4O2/c1-10(2)19-16(22)11(3)21-14-8-6-5-7-12(14)13-9-18-20(4)17(23)15(13)21/h5-11H,1-4H3,(H,19,22). The van der Waals surface area contributed by atoms with E-state index in [1.54, 1.807) is 13.2 Å². The van der Waals surface area contributed by atoms with E-state index in [1.165, 1.54) is 4.68 Å². The van der Waals surface area contributed by atoms with E-state index in [9.17, 15) is 9.59 Å². The van der Waals surface area contributed by atoms with Crippen molar-refractivity contribution in [2.75, 3.05) is 0 Å². The number of benzene rings is 1. The monoisotopic (exact) mass is 312 g/mol. The summed E-state index contributed by atoms with van der Waals surface area (Å²) in [7, 11) is 1.61. The summed E-state index contributed by atoms with van der Waals surface area (Å²) in [6.45, 7) is 5.64. The zero-order valence-electron chi connectivity index (χ0n) is 13.7. The normalized spacial score (nSPS) is 12.9. The largest absolute Gasteiger partial charge is 0.352 e. The van der Waals surface area contributed by atoms with E-state index in [1.807, 2.05) is 49.6 Å². The number of nitrogens with one attached hydrogen (secondary N) is 1.